The van der Waals surface area contributed by atoms with Gasteiger partial charge in [-0.2, -0.15) is 0 Å². The minimum atomic E-state index is -0.784. The lowest BCUT2D eigenvalue weighted by Crippen LogP contribution is -2.44. The van der Waals surface area contributed by atoms with Gasteiger partial charge in [-0.3, -0.25) is 9.69 Å². The first-order valence-corrected chi connectivity index (χ1v) is 7.90. The van der Waals surface area contributed by atoms with E-state index >= 15 is 0 Å². The normalized spacial score (nSPS) is 25.9. The van der Waals surface area contributed by atoms with Gasteiger partial charge in [0, 0.05) is 44.1 Å². The van der Waals surface area contributed by atoms with Crippen molar-refractivity contribution in [1.82, 2.24) is 9.80 Å². The molecule has 22 heavy (non-hydrogen) atoms. The number of hydrogen-bond donors (Lipinski definition) is 0. The maximum Gasteiger partial charge on any atom is 0.219 e. The average Bonchev–Trinajstić information content (AvgIpc) is 2.88. The smallest absolute Gasteiger partial charge is 0.219 e. The van der Waals surface area contributed by atoms with Crippen molar-refractivity contribution in [3.05, 3.63) is 35.4 Å². The molecular formula is C17H22F2N2O. The Bertz CT molecular complexity index is 578. The lowest BCUT2D eigenvalue weighted by molar-refractivity contribution is -0.128. The second kappa shape index (κ2) is 5.95. The molecule has 0 aliphatic carbocycles. The Kier molecular flexibility index (Phi) is 4.17. The number of nitrogens with zero attached hydrogens (tertiary/aromatic N) is 2. The van der Waals surface area contributed by atoms with Gasteiger partial charge in [0.25, 0.3) is 0 Å². The van der Waals surface area contributed by atoms with Crippen molar-refractivity contribution < 1.29 is 13.6 Å². The minimum Gasteiger partial charge on any atom is -0.342 e. The second-order valence-electron chi connectivity index (χ2n) is 6.72. The highest BCUT2D eigenvalue weighted by molar-refractivity contribution is 5.73. The number of rotatable bonds is 2. The summed E-state index contributed by atoms with van der Waals surface area (Å²) in [5, 5.41) is 0. The monoisotopic (exact) mass is 308 g/mol. The zero-order valence-electron chi connectivity index (χ0n) is 12.9. The molecule has 2 saturated heterocycles. The molecule has 0 bridgehead atoms. The molecule has 2 aliphatic rings. The molecule has 0 radical (unpaired) electrons. The fourth-order valence-electron chi connectivity index (χ4n) is 3.89. The molecule has 2 fully saturated rings. The predicted molar refractivity (Wildman–Crippen MR) is 80.2 cm³/mol. The Morgan fingerprint density at radius 2 is 2.05 bits per heavy atom. The molecular weight excluding hydrogens is 286 g/mol. The van der Waals surface area contributed by atoms with Crippen LogP contribution in [0.1, 0.15) is 31.7 Å². The molecule has 120 valence electrons. The van der Waals surface area contributed by atoms with Crippen LogP contribution >= 0.6 is 0 Å². The van der Waals surface area contributed by atoms with Crippen molar-refractivity contribution in [1.29, 1.82) is 0 Å². The third-order valence-electron chi connectivity index (χ3n) is 5.05. The van der Waals surface area contributed by atoms with Gasteiger partial charge in [0.2, 0.25) is 5.91 Å². The molecule has 1 atom stereocenters. The molecule has 2 aliphatic heterocycles. The Balaban J connectivity index is 1.69. The Morgan fingerprint density at radius 3 is 2.77 bits per heavy atom. The van der Waals surface area contributed by atoms with Crippen LogP contribution in [0.2, 0.25) is 0 Å². The highest BCUT2D eigenvalue weighted by atomic mass is 19.2. The molecule has 3 nitrogen and oxygen atoms in total. The van der Waals surface area contributed by atoms with E-state index in [-0.39, 0.29) is 11.3 Å². The fraction of sp³-hybridized carbons (Fsp3) is 0.588. The lowest BCUT2D eigenvalue weighted by Gasteiger charge is -2.40. The van der Waals surface area contributed by atoms with Crippen LogP contribution < -0.4 is 0 Å². The molecule has 1 unspecified atom stereocenters. The van der Waals surface area contributed by atoms with Crippen LogP contribution in [0.5, 0.6) is 0 Å². The minimum absolute atomic E-state index is 0.130. The first-order valence-electron chi connectivity index (χ1n) is 7.90. The van der Waals surface area contributed by atoms with Crippen molar-refractivity contribution in [2.75, 3.05) is 26.2 Å². The lowest BCUT2D eigenvalue weighted by atomic mass is 9.79. The van der Waals surface area contributed by atoms with Gasteiger partial charge in [-0.15, -0.1) is 0 Å². The summed E-state index contributed by atoms with van der Waals surface area (Å²) in [5.41, 5.74) is 0.548. The average molecular weight is 308 g/mol. The van der Waals surface area contributed by atoms with Gasteiger partial charge in [-0.1, -0.05) is 12.1 Å². The topological polar surface area (TPSA) is 23.6 Å². The Morgan fingerprint density at radius 1 is 1.23 bits per heavy atom. The van der Waals surface area contributed by atoms with Gasteiger partial charge < -0.3 is 4.90 Å². The molecule has 0 N–H and O–H groups in total. The predicted octanol–water partition coefficient (Wildman–Crippen LogP) is 2.80. The van der Waals surface area contributed by atoms with E-state index in [1.54, 1.807) is 19.1 Å². The number of likely N-dealkylation sites (tertiary alicyclic amines) is 2. The quantitative estimate of drug-likeness (QED) is 0.839. The first-order chi connectivity index (χ1) is 10.5. The van der Waals surface area contributed by atoms with E-state index in [2.05, 4.69) is 4.90 Å². The van der Waals surface area contributed by atoms with Crippen LogP contribution in [0, 0.1) is 17.0 Å². The molecule has 0 aromatic heterocycles. The van der Waals surface area contributed by atoms with E-state index in [9.17, 15) is 13.6 Å². The van der Waals surface area contributed by atoms with Gasteiger partial charge >= 0.3 is 0 Å². The van der Waals surface area contributed by atoms with Gasteiger partial charge in [-0.05, 0) is 31.9 Å². The maximum atomic E-state index is 13.8. The van der Waals surface area contributed by atoms with Crippen molar-refractivity contribution >= 4 is 5.91 Å². The van der Waals surface area contributed by atoms with Crippen LogP contribution in [0.15, 0.2) is 18.2 Å². The first kappa shape index (κ1) is 15.4. The van der Waals surface area contributed by atoms with Gasteiger partial charge in [0.05, 0.1) is 0 Å². The SMILES string of the molecule is CC(=O)N1CCC2(CCCN(Cc3cccc(F)c3F)C2)C1. The number of hydrogen-bond acceptors (Lipinski definition) is 2. The number of piperidine rings is 1. The third-order valence-corrected chi connectivity index (χ3v) is 5.05. The maximum absolute atomic E-state index is 13.8. The highest BCUT2D eigenvalue weighted by Crippen LogP contribution is 2.39. The molecule has 1 spiro atoms. The van der Waals surface area contributed by atoms with Crippen molar-refractivity contribution in [3.63, 3.8) is 0 Å². The molecule has 2 heterocycles. The molecule has 0 saturated carbocycles. The second-order valence-corrected chi connectivity index (χ2v) is 6.72. The van der Waals surface area contributed by atoms with E-state index in [0.717, 1.165) is 51.5 Å². The number of halogens is 2. The summed E-state index contributed by atoms with van der Waals surface area (Å²) in [6.07, 6.45) is 3.16. The van der Waals surface area contributed by atoms with E-state index < -0.39 is 11.6 Å². The third kappa shape index (κ3) is 3.00. The molecule has 5 heteroatoms. The highest BCUT2D eigenvalue weighted by Gasteiger charge is 2.42. The van der Waals surface area contributed by atoms with Gasteiger partial charge in [-0.25, -0.2) is 8.78 Å². The van der Waals surface area contributed by atoms with E-state index in [1.165, 1.54) is 0 Å². The molecule has 1 aromatic rings. The summed E-state index contributed by atoms with van der Waals surface area (Å²) < 4.78 is 27.2. The summed E-state index contributed by atoms with van der Waals surface area (Å²) in [4.78, 5) is 15.7. The van der Waals surface area contributed by atoms with Crippen LogP contribution in [0.25, 0.3) is 0 Å². The fourth-order valence-corrected chi connectivity index (χ4v) is 3.89. The Hall–Kier alpha value is -1.49. The van der Waals surface area contributed by atoms with E-state index in [1.807, 2.05) is 4.90 Å². The zero-order valence-corrected chi connectivity index (χ0v) is 12.9. The summed E-state index contributed by atoms with van der Waals surface area (Å²) in [6.45, 7) is 5.42. The van der Waals surface area contributed by atoms with Crippen molar-refractivity contribution in [2.45, 2.75) is 32.7 Å². The van der Waals surface area contributed by atoms with Gasteiger partial charge in [0.1, 0.15) is 0 Å². The summed E-state index contributed by atoms with van der Waals surface area (Å²) in [5.74, 6) is -1.39. The number of benzene rings is 1. The van der Waals surface area contributed by atoms with Crippen LogP contribution in [0.4, 0.5) is 8.78 Å². The molecule has 1 aromatic carbocycles. The Labute approximate surface area is 129 Å². The summed E-state index contributed by atoms with van der Waals surface area (Å²) in [7, 11) is 0. The summed E-state index contributed by atoms with van der Waals surface area (Å²) in [6, 6.07) is 4.36. The number of carbonyl (C=O) groups excluding carboxylic acids is 1. The molecule has 1 amide bonds. The number of carbonyl (C=O) groups is 1. The largest absolute Gasteiger partial charge is 0.342 e. The van der Waals surface area contributed by atoms with E-state index in [4.69, 9.17) is 0 Å². The van der Waals surface area contributed by atoms with Crippen LogP contribution in [-0.4, -0.2) is 41.9 Å². The van der Waals surface area contributed by atoms with Gasteiger partial charge in [0.15, 0.2) is 11.6 Å². The standard InChI is InChI=1S/C17H22F2N2O/c1-13(22)21-9-7-17(12-21)6-3-8-20(11-17)10-14-4-2-5-15(18)16(14)19/h2,4-5H,3,6-12H2,1H3. The van der Waals surface area contributed by atoms with Crippen molar-refractivity contribution in [2.24, 2.45) is 5.41 Å². The van der Waals surface area contributed by atoms with Crippen molar-refractivity contribution in [3.8, 4) is 0 Å². The number of amides is 1. The van der Waals surface area contributed by atoms with Crippen LogP contribution in [0.3, 0.4) is 0 Å². The van der Waals surface area contributed by atoms with Crippen LogP contribution in [-0.2, 0) is 11.3 Å². The summed E-state index contributed by atoms with van der Waals surface area (Å²) >= 11 is 0. The molecule has 3 rings (SSSR count). The zero-order chi connectivity index (χ0) is 15.7. The van der Waals surface area contributed by atoms with E-state index in [0.29, 0.717) is 12.1 Å².